The molecule has 0 aliphatic rings. The van der Waals surface area contributed by atoms with Gasteiger partial charge in [0.05, 0.1) is 0 Å². The lowest BCUT2D eigenvalue weighted by Crippen LogP contribution is -2.26. The number of nitrogens with zero attached hydrogens (tertiary/aromatic N) is 3. The molecule has 0 aliphatic heterocycles. The van der Waals surface area contributed by atoms with Gasteiger partial charge in [0.15, 0.2) is 6.33 Å². The second kappa shape index (κ2) is 3.99. The van der Waals surface area contributed by atoms with E-state index < -0.39 is 4.92 Å². The zero-order chi connectivity index (χ0) is 9.84. The fourth-order valence-corrected chi connectivity index (χ4v) is 0.993. The number of hydrogen-bond acceptors (Lipinski definition) is 4. The summed E-state index contributed by atoms with van der Waals surface area (Å²) in [6.45, 7) is 2.50. The van der Waals surface area contributed by atoms with E-state index in [1.54, 1.807) is 0 Å². The van der Waals surface area contributed by atoms with E-state index in [0.29, 0.717) is 6.54 Å². The van der Waals surface area contributed by atoms with Crippen LogP contribution in [0.3, 0.4) is 0 Å². The fraction of sp³-hybridized carbons (Fsp3) is 0.571. The minimum Gasteiger partial charge on any atom is -0.358 e. The van der Waals surface area contributed by atoms with Crippen molar-refractivity contribution in [3.8, 4) is 0 Å². The Morgan fingerprint density at radius 1 is 1.85 bits per heavy atom. The summed E-state index contributed by atoms with van der Waals surface area (Å²) in [6.07, 6.45) is 2.72. The minimum atomic E-state index is -0.435. The van der Waals surface area contributed by atoms with Crippen LogP contribution in [0.1, 0.15) is 6.92 Å². The number of imidazole rings is 1. The van der Waals surface area contributed by atoms with E-state index in [2.05, 4.69) is 10.3 Å². The molecule has 13 heavy (non-hydrogen) atoms. The van der Waals surface area contributed by atoms with Crippen LogP contribution >= 0.6 is 0 Å². The number of likely N-dealkylation sites (N-methyl/N-ethyl adjacent to an activating group) is 1. The van der Waals surface area contributed by atoms with Crippen molar-refractivity contribution in [2.75, 3.05) is 7.05 Å². The molecule has 72 valence electrons. The molecule has 1 aromatic rings. The Kier molecular flexibility index (Phi) is 2.97. The van der Waals surface area contributed by atoms with Crippen LogP contribution in [0.4, 0.5) is 5.82 Å². The topological polar surface area (TPSA) is 73.0 Å². The molecule has 1 aromatic heterocycles. The van der Waals surface area contributed by atoms with Gasteiger partial charge in [-0.2, -0.15) is 0 Å². The second-order valence-electron chi connectivity index (χ2n) is 2.85. The van der Waals surface area contributed by atoms with E-state index in [1.807, 2.05) is 14.0 Å². The van der Waals surface area contributed by atoms with Gasteiger partial charge in [-0.1, -0.05) is 0 Å². The molecule has 1 N–H and O–H groups in total. The molecule has 0 aromatic carbocycles. The largest absolute Gasteiger partial charge is 0.358 e. The van der Waals surface area contributed by atoms with Crippen molar-refractivity contribution >= 4 is 5.82 Å². The van der Waals surface area contributed by atoms with Crippen LogP contribution in [0.25, 0.3) is 0 Å². The molecule has 1 atom stereocenters. The summed E-state index contributed by atoms with van der Waals surface area (Å²) >= 11 is 0. The number of aromatic nitrogens is 2. The van der Waals surface area contributed by atoms with Crippen LogP contribution in [0.15, 0.2) is 12.5 Å². The molecule has 0 bridgehead atoms. The molecule has 1 heterocycles. The van der Waals surface area contributed by atoms with E-state index >= 15 is 0 Å². The molecule has 0 radical (unpaired) electrons. The molecule has 0 saturated carbocycles. The van der Waals surface area contributed by atoms with Crippen molar-refractivity contribution in [1.29, 1.82) is 0 Å². The number of rotatable bonds is 4. The Morgan fingerprint density at radius 2 is 2.54 bits per heavy atom. The van der Waals surface area contributed by atoms with Gasteiger partial charge in [0.1, 0.15) is 12.7 Å². The van der Waals surface area contributed by atoms with Gasteiger partial charge < -0.3 is 15.4 Å². The van der Waals surface area contributed by atoms with Gasteiger partial charge in [-0.15, -0.1) is 0 Å². The van der Waals surface area contributed by atoms with E-state index in [4.69, 9.17) is 0 Å². The van der Waals surface area contributed by atoms with E-state index in [0.717, 1.165) is 0 Å². The molecular formula is C7H12N4O2. The van der Waals surface area contributed by atoms with Gasteiger partial charge in [0.25, 0.3) is 0 Å². The van der Waals surface area contributed by atoms with E-state index in [-0.39, 0.29) is 11.9 Å². The summed E-state index contributed by atoms with van der Waals surface area (Å²) in [6, 6.07) is 0.188. The Labute approximate surface area is 75.7 Å². The lowest BCUT2D eigenvalue weighted by atomic mass is 10.3. The second-order valence-corrected chi connectivity index (χ2v) is 2.85. The monoisotopic (exact) mass is 184 g/mol. The van der Waals surface area contributed by atoms with Crippen molar-refractivity contribution < 1.29 is 4.92 Å². The van der Waals surface area contributed by atoms with Crippen LogP contribution in [-0.2, 0) is 6.54 Å². The third-order valence-corrected chi connectivity index (χ3v) is 1.84. The fourth-order valence-electron chi connectivity index (χ4n) is 0.993. The van der Waals surface area contributed by atoms with Crippen LogP contribution < -0.4 is 5.32 Å². The smallest absolute Gasteiger partial charge is 0.342 e. The average molecular weight is 184 g/mol. The highest BCUT2D eigenvalue weighted by Gasteiger charge is 2.14. The van der Waals surface area contributed by atoms with Gasteiger partial charge in [0.2, 0.25) is 0 Å². The van der Waals surface area contributed by atoms with Gasteiger partial charge >= 0.3 is 5.82 Å². The average Bonchev–Trinajstić information content (AvgIpc) is 2.52. The van der Waals surface area contributed by atoms with Crippen LogP contribution in [0.2, 0.25) is 0 Å². The van der Waals surface area contributed by atoms with Crippen molar-refractivity contribution in [2.24, 2.45) is 0 Å². The first-order valence-electron chi connectivity index (χ1n) is 3.97. The number of nitro groups is 1. The molecule has 6 nitrogen and oxygen atoms in total. The van der Waals surface area contributed by atoms with Gasteiger partial charge in [-0.3, -0.25) is 0 Å². The summed E-state index contributed by atoms with van der Waals surface area (Å²) in [5.41, 5.74) is 0. The van der Waals surface area contributed by atoms with Crippen LogP contribution in [-0.4, -0.2) is 27.6 Å². The SMILES string of the molecule is CNC(C)Cn1cncc1[N+](=O)[O-]. The Morgan fingerprint density at radius 3 is 3.08 bits per heavy atom. The maximum atomic E-state index is 10.5. The summed E-state index contributed by atoms with van der Waals surface area (Å²) < 4.78 is 1.52. The van der Waals surface area contributed by atoms with Gasteiger partial charge in [-0.05, 0) is 18.9 Å². The quantitative estimate of drug-likeness (QED) is 0.543. The predicted molar refractivity (Wildman–Crippen MR) is 47.4 cm³/mol. The van der Waals surface area contributed by atoms with Crippen molar-refractivity contribution in [3.05, 3.63) is 22.6 Å². The first kappa shape index (κ1) is 9.66. The summed E-state index contributed by atoms with van der Waals surface area (Å²) in [5.74, 6) is 0.0297. The predicted octanol–water partition coefficient (Wildman–Crippen LogP) is 0.399. The third kappa shape index (κ3) is 2.25. The summed E-state index contributed by atoms with van der Waals surface area (Å²) in [4.78, 5) is 13.8. The van der Waals surface area contributed by atoms with E-state index in [9.17, 15) is 10.1 Å². The maximum absolute atomic E-state index is 10.5. The normalized spacial score (nSPS) is 12.8. The molecule has 0 spiro atoms. The Balaban J connectivity index is 2.76. The summed E-state index contributed by atoms with van der Waals surface area (Å²) in [5, 5.41) is 13.5. The zero-order valence-electron chi connectivity index (χ0n) is 7.60. The number of nitrogens with one attached hydrogen (secondary N) is 1. The highest BCUT2D eigenvalue weighted by Crippen LogP contribution is 2.09. The molecular weight excluding hydrogens is 172 g/mol. The van der Waals surface area contributed by atoms with Crippen LogP contribution in [0.5, 0.6) is 0 Å². The molecule has 1 unspecified atom stereocenters. The van der Waals surface area contributed by atoms with Crippen LogP contribution in [0, 0.1) is 10.1 Å². The Hall–Kier alpha value is -1.43. The van der Waals surface area contributed by atoms with Gasteiger partial charge in [0, 0.05) is 6.04 Å². The Bertz CT molecular complexity index is 296. The lowest BCUT2D eigenvalue weighted by molar-refractivity contribution is -0.392. The van der Waals surface area contributed by atoms with Crippen molar-refractivity contribution in [3.63, 3.8) is 0 Å². The molecule has 0 fully saturated rings. The first-order valence-corrected chi connectivity index (χ1v) is 3.97. The van der Waals surface area contributed by atoms with Crippen molar-refractivity contribution in [1.82, 2.24) is 14.9 Å². The van der Waals surface area contributed by atoms with Gasteiger partial charge in [-0.25, -0.2) is 9.55 Å². The number of hydrogen-bond donors (Lipinski definition) is 1. The lowest BCUT2D eigenvalue weighted by Gasteiger charge is -2.07. The highest BCUT2D eigenvalue weighted by atomic mass is 16.6. The third-order valence-electron chi connectivity index (χ3n) is 1.84. The molecule has 0 saturated heterocycles. The molecule has 0 amide bonds. The molecule has 6 heteroatoms. The minimum absolute atomic E-state index is 0.0297. The summed E-state index contributed by atoms with van der Waals surface area (Å²) in [7, 11) is 1.81. The molecule has 0 aliphatic carbocycles. The first-order chi connectivity index (χ1) is 6.15. The highest BCUT2D eigenvalue weighted by molar-refractivity contribution is 5.14. The maximum Gasteiger partial charge on any atom is 0.342 e. The zero-order valence-corrected chi connectivity index (χ0v) is 7.60. The standard InChI is InChI=1S/C7H12N4O2/c1-6(8-2)4-10-5-9-3-7(10)11(12)13/h3,5-6,8H,4H2,1-2H3. The van der Waals surface area contributed by atoms with Crippen molar-refractivity contribution in [2.45, 2.75) is 19.5 Å². The van der Waals surface area contributed by atoms with E-state index in [1.165, 1.54) is 17.1 Å². The molecule has 1 rings (SSSR count).